The van der Waals surface area contributed by atoms with Gasteiger partial charge >= 0.3 is 0 Å². The van der Waals surface area contributed by atoms with Crippen LogP contribution in [0.15, 0.2) is 54.9 Å². The average Bonchev–Trinajstić information content (AvgIpc) is 3.54. The topological polar surface area (TPSA) is 104 Å². The average molecular weight is 462 g/mol. The number of aromatic amines is 1. The van der Waals surface area contributed by atoms with Crippen LogP contribution >= 0.6 is 11.3 Å². The summed E-state index contributed by atoms with van der Waals surface area (Å²) >= 11 is 1.53. The summed E-state index contributed by atoms with van der Waals surface area (Å²) in [4.78, 5) is 5.19. The highest BCUT2D eigenvalue weighted by atomic mass is 32.1. The molecule has 3 aromatic heterocycles. The summed E-state index contributed by atoms with van der Waals surface area (Å²) in [7, 11) is 4.79. The van der Waals surface area contributed by atoms with Crippen molar-refractivity contribution >= 4 is 21.4 Å². The van der Waals surface area contributed by atoms with Gasteiger partial charge in [0.1, 0.15) is 5.75 Å². The minimum atomic E-state index is 0.537. The number of aromatic nitrogens is 5. The number of pyridine rings is 1. The number of methoxy groups -OCH3 is 3. The lowest BCUT2D eigenvalue weighted by Gasteiger charge is -2.16. The lowest BCUT2D eigenvalue weighted by molar-refractivity contribution is 0.325. The van der Waals surface area contributed by atoms with E-state index in [4.69, 9.17) is 18.9 Å². The molecule has 5 aromatic rings. The number of fused-ring (bicyclic) bond motifs is 1. The number of tetrazole rings is 1. The van der Waals surface area contributed by atoms with Gasteiger partial charge in [0, 0.05) is 17.1 Å². The lowest BCUT2D eigenvalue weighted by atomic mass is 10.0. The van der Waals surface area contributed by atoms with Gasteiger partial charge in [0.05, 0.1) is 37.1 Å². The van der Waals surface area contributed by atoms with Gasteiger partial charge in [-0.2, -0.15) is 5.21 Å². The third-order valence-electron chi connectivity index (χ3n) is 5.07. The normalized spacial score (nSPS) is 10.9. The van der Waals surface area contributed by atoms with Crippen LogP contribution in [0.2, 0.25) is 0 Å². The van der Waals surface area contributed by atoms with Crippen LogP contribution in [0.5, 0.6) is 28.7 Å². The molecule has 0 amide bonds. The van der Waals surface area contributed by atoms with Crippen LogP contribution in [0.25, 0.3) is 31.9 Å². The minimum absolute atomic E-state index is 0.537. The highest BCUT2D eigenvalue weighted by molar-refractivity contribution is 7.22. The fourth-order valence-corrected chi connectivity index (χ4v) is 4.53. The molecule has 33 heavy (non-hydrogen) atoms. The van der Waals surface area contributed by atoms with Gasteiger partial charge in [-0.25, -0.2) is 0 Å². The molecule has 0 bridgehead atoms. The van der Waals surface area contributed by atoms with Gasteiger partial charge < -0.3 is 18.9 Å². The number of nitrogens with zero attached hydrogens (tertiary/aromatic N) is 4. The zero-order chi connectivity index (χ0) is 22.8. The second-order valence-electron chi connectivity index (χ2n) is 6.90. The maximum Gasteiger partial charge on any atom is 0.214 e. The van der Waals surface area contributed by atoms with Crippen LogP contribution in [0, 0.1) is 0 Å². The highest BCUT2D eigenvalue weighted by Gasteiger charge is 2.17. The molecule has 0 radical (unpaired) electrons. The zero-order valence-electron chi connectivity index (χ0n) is 18.0. The van der Waals surface area contributed by atoms with Gasteiger partial charge in [-0.05, 0) is 41.1 Å². The molecule has 5 rings (SSSR count). The molecule has 0 spiro atoms. The van der Waals surface area contributed by atoms with Crippen molar-refractivity contribution in [3.63, 3.8) is 0 Å². The van der Waals surface area contributed by atoms with Crippen LogP contribution in [0.1, 0.15) is 0 Å². The summed E-state index contributed by atoms with van der Waals surface area (Å²) in [5.74, 6) is 3.62. The van der Waals surface area contributed by atoms with Crippen molar-refractivity contribution in [1.29, 1.82) is 0 Å². The van der Waals surface area contributed by atoms with Crippen molar-refractivity contribution in [3.05, 3.63) is 54.9 Å². The van der Waals surface area contributed by atoms with Gasteiger partial charge in [-0.3, -0.25) is 4.98 Å². The Morgan fingerprint density at radius 1 is 0.848 bits per heavy atom. The third-order valence-corrected chi connectivity index (χ3v) is 6.14. The first-order valence-electron chi connectivity index (χ1n) is 9.90. The molecule has 0 aliphatic heterocycles. The van der Waals surface area contributed by atoms with Crippen molar-refractivity contribution in [2.75, 3.05) is 21.3 Å². The van der Waals surface area contributed by atoms with Crippen LogP contribution in [0.3, 0.4) is 0 Å². The molecule has 0 fully saturated rings. The SMILES string of the molecule is COc1ccc(-c2ccc(Oc3cncc4sc(-c5nn[nH]n5)cc34)cc2)c(OC)c1OC. The molecule has 0 aliphatic carbocycles. The fourth-order valence-electron chi connectivity index (χ4n) is 3.55. The summed E-state index contributed by atoms with van der Waals surface area (Å²) in [6, 6.07) is 13.5. The predicted octanol–water partition coefficient (Wildman–Crippen LogP) is 4.96. The van der Waals surface area contributed by atoms with Crippen molar-refractivity contribution in [1.82, 2.24) is 25.6 Å². The monoisotopic (exact) mass is 461 g/mol. The second-order valence-corrected chi connectivity index (χ2v) is 7.99. The first kappa shape index (κ1) is 20.7. The molecular weight excluding hydrogens is 442 g/mol. The van der Waals surface area contributed by atoms with Crippen molar-refractivity contribution in [2.45, 2.75) is 0 Å². The number of thiophene rings is 1. The predicted molar refractivity (Wildman–Crippen MR) is 124 cm³/mol. The molecule has 0 saturated heterocycles. The summed E-state index contributed by atoms with van der Waals surface area (Å²) < 4.78 is 23.6. The van der Waals surface area contributed by atoms with E-state index in [2.05, 4.69) is 25.6 Å². The second kappa shape index (κ2) is 8.75. The Kier molecular flexibility index (Phi) is 5.49. The molecule has 0 aliphatic rings. The number of ether oxygens (including phenoxy) is 4. The Hall–Kier alpha value is -4.18. The van der Waals surface area contributed by atoms with E-state index in [-0.39, 0.29) is 0 Å². The fraction of sp³-hybridized carbons (Fsp3) is 0.130. The number of benzene rings is 2. The molecule has 0 unspecified atom stereocenters. The molecule has 1 N–H and O–H groups in total. The standard InChI is InChI=1S/C23H19N5O4S/c1-29-17-9-8-15(21(30-2)22(17)31-3)13-4-6-14(7-5-13)32-18-11-24-12-20-16(18)10-19(33-20)23-25-27-28-26-23/h4-12H,1-3H3,(H,25,26,27,28). The Bertz CT molecular complexity index is 1400. The molecule has 166 valence electrons. The van der Waals surface area contributed by atoms with Gasteiger partial charge in [0.15, 0.2) is 17.2 Å². The first-order chi connectivity index (χ1) is 16.2. The number of H-pyrrole nitrogens is 1. The van der Waals surface area contributed by atoms with E-state index in [0.717, 1.165) is 26.1 Å². The van der Waals surface area contributed by atoms with E-state index in [1.807, 2.05) is 42.5 Å². The summed E-state index contributed by atoms with van der Waals surface area (Å²) in [6.07, 6.45) is 3.49. The Morgan fingerprint density at radius 3 is 2.36 bits per heavy atom. The minimum Gasteiger partial charge on any atom is -0.493 e. The maximum absolute atomic E-state index is 6.16. The molecule has 10 heteroatoms. The maximum atomic E-state index is 6.16. The number of rotatable bonds is 7. The zero-order valence-corrected chi connectivity index (χ0v) is 18.8. The number of nitrogens with one attached hydrogen (secondary N) is 1. The quantitative estimate of drug-likeness (QED) is 0.363. The molecule has 3 heterocycles. The van der Waals surface area contributed by atoms with E-state index in [1.54, 1.807) is 33.7 Å². The van der Waals surface area contributed by atoms with Gasteiger partial charge in [-0.15, -0.1) is 21.5 Å². The Balaban J connectivity index is 1.45. The van der Waals surface area contributed by atoms with Gasteiger partial charge in [-0.1, -0.05) is 12.1 Å². The summed E-state index contributed by atoms with van der Waals surface area (Å²) in [5, 5.41) is 15.1. The summed E-state index contributed by atoms with van der Waals surface area (Å²) in [5.41, 5.74) is 1.83. The van der Waals surface area contributed by atoms with E-state index in [0.29, 0.717) is 34.6 Å². The largest absolute Gasteiger partial charge is 0.493 e. The van der Waals surface area contributed by atoms with Gasteiger partial charge in [0.25, 0.3) is 0 Å². The van der Waals surface area contributed by atoms with Crippen LogP contribution in [-0.2, 0) is 0 Å². The van der Waals surface area contributed by atoms with Crippen LogP contribution in [-0.4, -0.2) is 46.9 Å². The Labute approximate surface area is 192 Å². The van der Waals surface area contributed by atoms with Crippen molar-refractivity contribution in [2.24, 2.45) is 0 Å². The molecule has 9 nitrogen and oxygen atoms in total. The molecule has 2 aromatic carbocycles. The smallest absolute Gasteiger partial charge is 0.214 e. The third kappa shape index (κ3) is 3.80. The summed E-state index contributed by atoms with van der Waals surface area (Å²) in [6.45, 7) is 0. The molecular formula is C23H19N5O4S. The van der Waals surface area contributed by atoms with Gasteiger partial charge in [0.2, 0.25) is 11.6 Å². The molecule has 0 saturated carbocycles. The highest BCUT2D eigenvalue weighted by Crippen LogP contribution is 2.44. The van der Waals surface area contributed by atoms with E-state index in [1.165, 1.54) is 11.3 Å². The van der Waals surface area contributed by atoms with Crippen molar-refractivity contribution in [3.8, 4) is 50.6 Å². The van der Waals surface area contributed by atoms with Crippen molar-refractivity contribution < 1.29 is 18.9 Å². The Morgan fingerprint density at radius 2 is 1.67 bits per heavy atom. The first-order valence-corrected chi connectivity index (χ1v) is 10.7. The molecule has 0 atom stereocenters. The lowest BCUT2D eigenvalue weighted by Crippen LogP contribution is -1.96. The van der Waals surface area contributed by atoms with E-state index < -0.39 is 0 Å². The van der Waals surface area contributed by atoms with Crippen LogP contribution in [0.4, 0.5) is 0 Å². The van der Waals surface area contributed by atoms with E-state index in [9.17, 15) is 0 Å². The van der Waals surface area contributed by atoms with E-state index >= 15 is 0 Å². The van der Waals surface area contributed by atoms with Crippen LogP contribution < -0.4 is 18.9 Å². The number of hydrogen-bond donors (Lipinski definition) is 1. The number of hydrogen-bond acceptors (Lipinski definition) is 9.